The fraction of sp³-hybridized carbons (Fsp3) is 0.333. The molecule has 0 radical (unpaired) electrons. The molecule has 9 nitrogen and oxygen atoms in total. The highest BCUT2D eigenvalue weighted by atomic mass is 35.5. The number of benzene rings is 1. The summed E-state index contributed by atoms with van der Waals surface area (Å²) in [6.07, 6.45) is 6.02. The molecule has 31 heavy (non-hydrogen) atoms. The first-order valence-electron chi connectivity index (χ1n) is 9.82. The quantitative estimate of drug-likeness (QED) is 0.498. The number of anilines is 2. The molecule has 1 saturated heterocycles. The Kier molecular flexibility index (Phi) is 7.41. The zero-order chi connectivity index (χ0) is 20.9. The van der Waals surface area contributed by atoms with Crippen molar-refractivity contribution < 1.29 is 9.94 Å². The Bertz CT molecular complexity index is 1040. The molecular weight excluding hydrogens is 418 g/mol. The second-order valence-corrected chi connectivity index (χ2v) is 7.26. The van der Waals surface area contributed by atoms with E-state index in [1.807, 2.05) is 12.1 Å². The lowest BCUT2D eigenvalue weighted by Gasteiger charge is -2.22. The summed E-state index contributed by atoms with van der Waals surface area (Å²) in [5.41, 5.74) is 2.98. The van der Waals surface area contributed by atoms with Crippen LogP contribution in [0.4, 0.5) is 11.6 Å². The number of rotatable bonds is 6. The van der Waals surface area contributed by atoms with Gasteiger partial charge < -0.3 is 10.1 Å². The zero-order valence-corrected chi connectivity index (χ0v) is 17.9. The lowest BCUT2D eigenvalue weighted by Crippen LogP contribution is -2.28. The number of H-pyrrole nitrogens is 1. The number of halogens is 1. The smallest absolute Gasteiger partial charge is 0.181 e. The first-order chi connectivity index (χ1) is 14.7. The number of aromatic nitrogens is 4. The first-order valence-corrected chi connectivity index (χ1v) is 9.82. The fourth-order valence-electron chi connectivity index (χ4n) is 3.67. The highest BCUT2D eigenvalue weighted by molar-refractivity contribution is 5.85. The number of ether oxygens (including phenoxy) is 1. The van der Waals surface area contributed by atoms with Gasteiger partial charge in [0.1, 0.15) is 11.8 Å². The summed E-state index contributed by atoms with van der Waals surface area (Å²) in [6.45, 7) is 2.16. The number of aromatic amines is 1. The molecule has 1 aliphatic rings. The van der Waals surface area contributed by atoms with Crippen LogP contribution in [0.15, 0.2) is 36.7 Å². The molecule has 3 N–H and O–H groups in total. The van der Waals surface area contributed by atoms with Gasteiger partial charge in [0.25, 0.3) is 0 Å². The summed E-state index contributed by atoms with van der Waals surface area (Å²) < 4.78 is 5.62. The van der Waals surface area contributed by atoms with Crippen molar-refractivity contribution in [3.05, 3.63) is 47.9 Å². The zero-order valence-electron chi connectivity index (χ0n) is 17.1. The normalized spacial score (nSPS) is 13.8. The minimum atomic E-state index is 0. The van der Waals surface area contributed by atoms with Crippen LogP contribution in [0.25, 0.3) is 11.3 Å². The standard InChI is InChI=1S/C21H23N7O2.ClH/c1-30-19-9-15(8-14-4-6-23-7-5-14)2-3-17(19)18-10-20(27-26-18)28(29)21-13-24-16(11-22)12-25-21;/h2-3,9-10,12-14,23,29H,4-8H2,1H3,(H,26,27);1H. The van der Waals surface area contributed by atoms with Crippen LogP contribution in [0, 0.1) is 17.2 Å². The van der Waals surface area contributed by atoms with Gasteiger partial charge in [-0.05, 0) is 56.0 Å². The van der Waals surface area contributed by atoms with E-state index in [-0.39, 0.29) is 29.7 Å². The monoisotopic (exact) mass is 441 g/mol. The molecule has 0 amide bonds. The van der Waals surface area contributed by atoms with E-state index in [2.05, 4.69) is 37.6 Å². The summed E-state index contributed by atoms with van der Waals surface area (Å²) >= 11 is 0. The minimum absolute atomic E-state index is 0. The summed E-state index contributed by atoms with van der Waals surface area (Å²) in [5, 5.41) is 30.5. The van der Waals surface area contributed by atoms with Gasteiger partial charge in [0.05, 0.1) is 25.2 Å². The van der Waals surface area contributed by atoms with E-state index in [0.717, 1.165) is 35.9 Å². The second kappa shape index (κ2) is 10.2. The van der Waals surface area contributed by atoms with Crippen molar-refractivity contribution in [3.63, 3.8) is 0 Å². The highest BCUT2D eigenvalue weighted by Crippen LogP contribution is 2.33. The molecule has 1 fully saturated rings. The van der Waals surface area contributed by atoms with Gasteiger partial charge in [0.2, 0.25) is 0 Å². The third-order valence-electron chi connectivity index (χ3n) is 5.29. The maximum absolute atomic E-state index is 10.4. The van der Waals surface area contributed by atoms with Crippen molar-refractivity contribution in [1.29, 1.82) is 5.26 Å². The molecule has 1 aromatic carbocycles. The maximum atomic E-state index is 10.4. The lowest BCUT2D eigenvalue weighted by molar-refractivity contribution is 0.294. The van der Waals surface area contributed by atoms with Crippen LogP contribution in [0.1, 0.15) is 24.1 Å². The highest BCUT2D eigenvalue weighted by Gasteiger charge is 2.17. The van der Waals surface area contributed by atoms with E-state index in [4.69, 9.17) is 10.00 Å². The average Bonchev–Trinajstić information content (AvgIpc) is 3.29. The fourth-order valence-corrected chi connectivity index (χ4v) is 3.67. The van der Waals surface area contributed by atoms with Gasteiger partial charge in [-0.2, -0.15) is 15.4 Å². The molecule has 0 saturated carbocycles. The largest absolute Gasteiger partial charge is 0.496 e. The van der Waals surface area contributed by atoms with E-state index in [1.54, 1.807) is 13.2 Å². The van der Waals surface area contributed by atoms with Gasteiger partial charge in [-0.3, -0.25) is 10.3 Å². The summed E-state index contributed by atoms with van der Waals surface area (Å²) in [7, 11) is 1.65. The van der Waals surface area contributed by atoms with Crippen LogP contribution in [-0.2, 0) is 6.42 Å². The Morgan fingerprint density at radius 2 is 2.00 bits per heavy atom. The van der Waals surface area contributed by atoms with Crippen molar-refractivity contribution >= 4 is 24.0 Å². The Morgan fingerprint density at radius 1 is 1.19 bits per heavy atom. The van der Waals surface area contributed by atoms with Crippen LogP contribution in [0.2, 0.25) is 0 Å². The predicted octanol–water partition coefficient (Wildman–Crippen LogP) is 3.24. The molecule has 0 aliphatic carbocycles. The number of hydrogen-bond donors (Lipinski definition) is 3. The molecule has 0 spiro atoms. The molecule has 4 rings (SSSR count). The Labute approximate surface area is 186 Å². The molecule has 3 aromatic rings. The van der Waals surface area contributed by atoms with Gasteiger partial charge in [-0.25, -0.2) is 9.97 Å². The molecular formula is C21H24ClN7O2. The third-order valence-corrected chi connectivity index (χ3v) is 5.29. The summed E-state index contributed by atoms with van der Waals surface area (Å²) in [6, 6.07) is 9.78. The Morgan fingerprint density at radius 3 is 2.68 bits per heavy atom. The molecule has 0 bridgehead atoms. The maximum Gasteiger partial charge on any atom is 0.181 e. The minimum Gasteiger partial charge on any atom is -0.496 e. The SMILES string of the molecule is COc1cc(CC2CCNCC2)ccc1-c1cc(N(O)c2cnc(C#N)cn2)n[nH]1.Cl. The molecule has 162 valence electrons. The van der Waals surface area contributed by atoms with E-state index < -0.39 is 0 Å². The number of nitriles is 1. The average molecular weight is 442 g/mol. The van der Waals surface area contributed by atoms with Crippen LogP contribution >= 0.6 is 12.4 Å². The number of piperidine rings is 1. The lowest BCUT2D eigenvalue weighted by atomic mass is 9.90. The van der Waals surface area contributed by atoms with Crippen LogP contribution in [0.3, 0.4) is 0 Å². The second-order valence-electron chi connectivity index (χ2n) is 7.26. The number of hydrogen-bond acceptors (Lipinski definition) is 8. The molecule has 1 aliphatic heterocycles. The number of nitrogens with zero attached hydrogens (tertiary/aromatic N) is 5. The first kappa shape index (κ1) is 22.5. The van der Waals surface area contributed by atoms with Gasteiger partial charge in [-0.1, -0.05) is 6.07 Å². The van der Waals surface area contributed by atoms with E-state index in [9.17, 15) is 5.21 Å². The topological polar surface area (TPSA) is 123 Å². The van der Waals surface area contributed by atoms with Gasteiger partial charge in [0, 0.05) is 11.6 Å². The van der Waals surface area contributed by atoms with Gasteiger partial charge in [0.15, 0.2) is 17.3 Å². The molecule has 2 aromatic heterocycles. The van der Waals surface area contributed by atoms with E-state index >= 15 is 0 Å². The Balaban J connectivity index is 0.00000272. The van der Waals surface area contributed by atoms with E-state index in [0.29, 0.717) is 11.6 Å². The van der Waals surface area contributed by atoms with E-state index in [1.165, 1.54) is 30.8 Å². The Hall–Kier alpha value is -3.19. The number of methoxy groups -OCH3 is 1. The van der Waals surface area contributed by atoms with Crippen molar-refractivity contribution in [3.8, 4) is 23.1 Å². The molecule has 0 atom stereocenters. The van der Waals surface area contributed by atoms with Gasteiger partial charge in [-0.15, -0.1) is 12.4 Å². The molecule has 0 unspecified atom stereocenters. The molecule has 10 heteroatoms. The van der Waals surface area contributed by atoms with Crippen molar-refractivity contribution in [2.75, 3.05) is 25.3 Å². The van der Waals surface area contributed by atoms with Crippen LogP contribution < -0.4 is 15.1 Å². The van der Waals surface area contributed by atoms with Crippen molar-refractivity contribution in [2.45, 2.75) is 19.3 Å². The third kappa shape index (κ3) is 5.11. The molecule has 3 heterocycles. The van der Waals surface area contributed by atoms with Gasteiger partial charge >= 0.3 is 0 Å². The predicted molar refractivity (Wildman–Crippen MR) is 118 cm³/mol. The van der Waals surface area contributed by atoms with Crippen LogP contribution in [0.5, 0.6) is 5.75 Å². The summed E-state index contributed by atoms with van der Waals surface area (Å²) in [5.74, 6) is 1.86. The number of nitrogens with one attached hydrogen (secondary N) is 2. The van der Waals surface area contributed by atoms with Crippen molar-refractivity contribution in [1.82, 2.24) is 25.5 Å². The summed E-state index contributed by atoms with van der Waals surface area (Å²) in [4.78, 5) is 7.92. The van der Waals surface area contributed by atoms with Crippen molar-refractivity contribution in [2.24, 2.45) is 5.92 Å². The van der Waals surface area contributed by atoms with Crippen LogP contribution in [-0.4, -0.2) is 45.6 Å².